The summed E-state index contributed by atoms with van der Waals surface area (Å²) in [5, 5.41) is 13.5. The summed E-state index contributed by atoms with van der Waals surface area (Å²) < 4.78 is 5.37. The van der Waals surface area contributed by atoms with Crippen molar-refractivity contribution < 1.29 is 19.4 Å². The Hall–Kier alpha value is -1.88. The number of aryl methyl sites for hydroxylation is 1. The minimum absolute atomic E-state index is 0.276. The Bertz CT molecular complexity index is 699. The van der Waals surface area contributed by atoms with E-state index in [1.54, 1.807) is 6.07 Å². The molecule has 2 N–H and O–H groups in total. The summed E-state index contributed by atoms with van der Waals surface area (Å²) >= 11 is 0. The second-order valence-corrected chi connectivity index (χ2v) is 8.46. The van der Waals surface area contributed by atoms with Crippen molar-refractivity contribution in [3.8, 4) is 0 Å². The molecule has 1 amide bonds. The van der Waals surface area contributed by atoms with Gasteiger partial charge in [-0.25, -0.2) is 0 Å². The van der Waals surface area contributed by atoms with E-state index in [-0.39, 0.29) is 18.5 Å². The molecule has 1 aromatic rings. The number of hydrogen-bond donors (Lipinski definition) is 2. The van der Waals surface area contributed by atoms with Gasteiger partial charge in [0.2, 0.25) is 0 Å². The van der Waals surface area contributed by atoms with Crippen molar-refractivity contribution >= 4 is 17.6 Å². The summed E-state index contributed by atoms with van der Waals surface area (Å²) in [6.45, 7) is 1.68. The Morgan fingerprint density at radius 1 is 1.24 bits per heavy atom. The molecule has 5 rings (SSSR count). The van der Waals surface area contributed by atoms with E-state index >= 15 is 0 Å². The molecule has 4 bridgehead atoms. The van der Waals surface area contributed by atoms with Crippen molar-refractivity contribution in [2.75, 3.05) is 11.9 Å². The summed E-state index contributed by atoms with van der Waals surface area (Å²) in [7, 11) is 0. The molecule has 4 aliphatic rings. The molecule has 134 valence electrons. The van der Waals surface area contributed by atoms with Crippen molar-refractivity contribution in [2.24, 2.45) is 17.3 Å². The lowest BCUT2D eigenvalue weighted by molar-refractivity contribution is -0.196. The van der Waals surface area contributed by atoms with Gasteiger partial charge in [-0.3, -0.25) is 9.59 Å². The number of benzene rings is 1. The highest BCUT2D eigenvalue weighted by Gasteiger charge is 2.60. The van der Waals surface area contributed by atoms with Crippen molar-refractivity contribution in [1.29, 1.82) is 0 Å². The van der Waals surface area contributed by atoms with E-state index in [0.717, 1.165) is 37.7 Å². The third-order valence-corrected chi connectivity index (χ3v) is 6.10. The Kier molecular flexibility index (Phi) is 3.87. The fraction of sp³-hybridized carbons (Fsp3) is 0.600. The van der Waals surface area contributed by atoms with Crippen LogP contribution in [-0.4, -0.2) is 29.2 Å². The van der Waals surface area contributed by atoms with Crippen LogP contribution in [0.1, 0.15) is 44.1 Å². The first-order valence-electron chi connectivity index (χ1n) is 9.12. The van der Waals surface area contributed by atoms with Crippen molar-refractivity contribution in [3.63, 3.8) is 0 Å². The van der Waals surface area contributed by atoms with Crippen LogP contribution in [0.2, 0.25) is 0 Å². The molecule has 5 heteroatoms. The van der Waals surface area contributed by atoms with Crippen LogP contribution in [0.15, 0.2) is 24.3 Å². The molecule has 4 fully saturated rings. The van der Waals surface area contributed by atoms with Crippen LogP contribution in [0, 0.1) is 24.2 Å². The highest BCUT2D eigenvalue weighted by Crippen LogP contribution is 2.61. The third-order valence-electron chi connectivity index (χ3n) is 6.10. The van der Waals surface area contributed by atoms with E-state index in [0.29, 0.717) is 23.9 Å². The molecule has 1 aromatic carbocycles. The fourth-order valence-corrected chi connectivity index (χ4v) is 5.66. The van der Waals surface area contributed by atoms with Crippen molar-refractivity contribution in [3.05, 3.63) is 29.8 Å². The zero-order chi connectivity index (χ0) is 17.7. The average molecular weight is 343 g/mol. The molecular weight excluding hydrogens is 318 g/mol. The van der Waals surface area contributed by atoms with Gasteiger partial charge in [0.1, 0.15) is 0 Å². The van der Waals surface area contributed by atoms with Crippen molar-refractivity contribution in [1.82, 2.24) is 0 Å². The summed E-state index contributed by atoms with van der Waals surface area (Å²) in [6.07, 6.45) is 4.82. The Morgan fingerprint density at radius 2 is 1.96 bits per heavy atom. The molecule has 0 aromatic heterocycles. The lowest BCUT2D eigenvalue weighted by atomic mass is 9.48. The van der Waals surface area contributed by atoms with Crippen molar-refractivity contribution in [2.45, 2.75) is 51.0 Å². The zero-order valence-corrected chi connectivity index (χ0v) is 14.6. The van der Waals surface area contributed by atoms with Crippen LogP contribution in [0.3, 0.4) is 0 Å². The molecule has 2 unspecified atom stereocenters. The highest BCUT2D eigenvalue weighted by atomic mass is 16.5. The second kappa shape index (κ2) is 5.84. The highest BCUT2D eigenvalue weighted by molar-refractivity contribution is 5.93. The van der Waals surface area contributed by atoms with Gasteiger partial charge in [0.15, 0.2) is 6.61 Å². The van der Waals surface area contributed by atoms with Gasteiger partial charge in [0, 0.05) is 5.69 Å². The maximum absolute atomic E-state index is 12.7. The van der Waals surface area contributed by atoms with E-state index < -0.39 is 11.0 Å². The summed E-state index contributed by atoms with van der Waals surface area (Å²) in [5.74, 6) is 0.196. The number of aliphatic hydroxyl groups is 1. The lowest BCUT2D eigenvalue weighted by Gasteiger charge is -2.58. The number of anilines is 1. The maximum Gasteiger partial charge on any atom is 0.312 e. The summed E-state index contributed by atoms with van der Waals surface area (Å²) in [5.41, 5.74) is 0.469. The molecular formula is C20H25NO4. The number of ether oxygens (including phenoxy) is 1. The Labute approximate surface area is 147 Å². The average Bonchev–Trinajstić information content (AvgIpc) is 2.50. The largest absolute Gasteiger partial charge is 0.455 e. The molecule has 25 heavy (non-hydrogen) atoms. The standard InChI is InChI=1S/C20H25NO4/c1-13-3-2-4-16(5-13)21-17(22)11-25-18(23)19-7-14-6-15(8-19)10-20(24,9-14)12-19/h2-5,14-15,24H,6-12H2,1H3,(H,21,22)/t14-,15+,19?,20?. The molecule has 0 saturated heterocycles. The summed E-state index contributed by atoms with van der Waals surface area (Å²) in [4.78, 5) is 24.8. The number of nitrogens with one attached hydrogen (secondary N) is 1. The van der Waals surface area contributed by atoms with E-state index in [9.17, 15) is 14.7 Å². The van der Waals surface area contributed by atoms with E-state index in [4.69, 9.17) is 4.74 Å². The molecule has 0 aliphatic heterocycles. The minimum atomic E-state index is -0.701. The maximum atomic E-state index is 12.7. The fourth-order valence-electron chi connectivity index (χ4n) is 5.66. The second-order valence-electron chi connectivity index (χ2n) is 8.46. The molecule has 5 nitrogen and oxygen atoms in total. The SMILES string of the molecule is Cc1cccc(NC(=O)COC(=O)C23C[C@@H]4C[C@@H](CC(O)(C4)C2)C3)c1. The van der Waals surface area contributed by atoms with E-state index in [2.05, 4.69) is 5.32 Å². The molecule has 0 radical (unpaired) electrons. The van der Waals surface area contributed by atoms with Crippen LogP contribution in [-0.2, 0) is 14.3 Å². The first kappa shape index (κ1) is 16.6. The van der Waals surface area contributed by atoms with Crippen LogP contribution in [0.4, 0.5) is 5.69 Å². The molecule has 4 saturated carbocycles. The van der Waals surface area contributed by atoms with Gasteiger partial charge >= 0.3 is 5.97 Å². The number of esters is 1. The Morgan fingerprint density at radius 3 is 2.60 bits per heavy atom. The van der Waals surface area contributed by atoms with Crippen LogP contribution in [0.25, 0.3) is 0 Å². The predicted molar refractivity (Wildman–Crippen MR) is 92.8 cm³/mol. The summed E-state index contributed by atoms with van der Waals surface area (Å²) in [6, 6.07) is 7.50. The number of hydrogen-bond acceptors (Lipinski definition) is 4. The zero-order valence-electron chi connectivity index (χ0n) is 14.6. The monoisotopic (exact) mass is 343 g/mol. The van der Waals surface area contributed by atoms with Gasteiger partial charge in [-0.1, -0.05) is 12.1 Å². The molecule has 4 atom stereocenters. The number of rotatable bonds is 4. The third kappa shape index (κ3) is 3.17. The molecule has 4 aliphatic carbocycles. The first-order chi connectivity index (χ1) is 11.9. The van der Waals surface area contributed by atoms with Gasteiger partial charge in [0.05, 0.1) is 11.0 Å². The predicted octanol–water partition coefficient (Wildman–Crippen LogP) is 2.81. The minimum Gasteiger partial charge on any atom is -0.455 e. The Balaban J connectivity index is 1.37. The quantitative estimate of drug-likeness (QED) is 0.824. The molecule has 0 spiro atoms. The normalized spacial score (nSPS) is 35.4. The van der Waals surface area contributed by atoms with Gasteiger partial charge < -0.3 is 15.2 Å². The van der Waals surface area contributed by atoms with Crippen LogP contribution < -0.4 is 5.32 Å². The van der Waals surface area contributed by atoms with Gasteiger partial charge in [0.25, 0.3) is 5.91 Å². The number of carbonyl (C=O) groups excluding carboxylic acids is 2. The number of carbonyl (C=O) groups is 2. The van der Waals surface area contributed by atoms with E-state index in [1.165, 1.54) is 0 Å². The smallest absolute Gasteiger partial charge is 0.312 e. The van der Waals surface area contributed by atoms with E-state index in [1.807, 2.05) is 25.1 Å². The van der Waals surface area contributed by atoms with Crippen LogP contribution in [0.5, 0.6) is 0 Å². The molecule has 0 heterocycles. The van der Waals surface area contributed by atoms with Crippen LogP contribution >= 0.6 is 0 Å². The topological polar surface area (TPSA) is 75.6 Å². The van der Waals surface area contributed by atoms with Gasteiger partial charge in [-0.2, -0.15) is 0 Å². The lowest BCUT2D eigenvalue weighted by Crippen LogP contribution is -2.58. The van der Waals surface area contributed by atoms with Gasteiger partial charge in [-0.05, 0) is 75.0 Å². The van der Waals surface area contributed by atoms with Gasteiger partial charge in [-0.15, -0.1) is 0 Å². The first-order valence-corrected chi connectivity index (χ1v) is 9.12. The number of amides is 1.